The molecule has 0 N–H and O–H groups in total. The molecule has 34 heavy (non-hydrogen) atoms. The van der Waals surface area contributed by atoms with Crippen molar-refractivity contribution in [3.63, 3.8) is 0 Å². The van der Waals surface area contributed by atoms with Gasteiger partial charge in [-0.2, -0.15) is 0 Å². The van der Waals surface area contributed by atoms with Crippen LogP contribution < -0.4 is 8.85 Å². The van der Waals surface area contributed by atoms with E-state index in [4.69, 9.17) is 8.85 Å². The van der Waals surface area contributed by atoms with E-state index in [9.17, 15) is 0 Å². The molecule has 4 rings (SSSR count). The second-order valence-electron chi connectivity index (χ2n) is 10.0. The molecule has 2 radical (unpaired) electrons. The molecule has 2 fully saturated rings. The predicted octanol–water partition coefficient (Wildman–Crippen LogP) is 8.71. The minimum atomic E-state index is -1.03. The zero-order valence-electron chi connectivity index (χ0n) is 20.6. The van der Waals surface area contributed by atoms with Crippen LogP contribution in [0.4, 0.5) is 0 Å². The molecule has 0 amide bonds. The highest BCUT2D eigenvalue weighted by Gasteiger charge is 2.22. The van der Waals surface area contributed by atoms with Crippen LogP contribution >= 0.6 is 0 Å². The normalized spacial score (nSPS) is 17.6. The van der Waals surface area contributed by atoms with Crippen LogP contribution in [-0.4, -0.2) is 18.1 Å². The molecule has 0 unspecified atom stereocenters. The molecule has 180 valence electrons. The highest BCUT2D eigenvalue weighted by Crippen LogP contribution is 2.31. The third-order valence-corrected chi connectivity index (χ3v) is 11.3. The molecule has 2 aromatic carbocycles. The van der Waals surface area contributed by atoms with Gasteiger partial charge in [-0.25, -0.2) is 0 Å². The Morgan fingerprint density at radius 3 is 1.71 bits per heavy atom. The monoisotopic (exact) mass is 488 g/mol. The minimum Gasteiger partial charge on any atom is -0.538 e. The van der Waals surface area contributed by atoms with Gasteiger partial charge in [0.2, 0.25) is 0 Å². The lowest BCUT2D eigenvalue weighted by atomic mass is 9.91. The molecule has 2 aliphatic rings. The molecule has 4 heteroatoms. The molecule has 0 aliphatic heterocycles. The van der Waals surface area contributed by atoms with Crippen LogP contribution in [0.2, 0.25) is 12.1 Å². The van der Waals surface area contributed by atoms with Gasteiger partial charge in [0, 0.05) is 0 Å². The Labute approximate surface area is 210 Å². The van der Waals surface area contributed by atoms with Crippen LogP contribution in [-0.2, 0) is 0 Å². The van der Waals surface area contributed by atoms with E-state index in [-0.39, 0.29) is 0 Å². The highest BCUT2D eigenvalue weighted by atomic mass is 28.3. The molecule has 0 atom stereocenters. The molecule has 2 saturated carbocycles. The van der Waals surface area contributed by atoms with Gasteiger partial charge in [0.15, 0.2) is 0 Å². The molecule has 0 spiro atoms. The number of benzene rings is 2. The maximum Gasteiger partial charge on any atom is 0.308 e. The largest absolute Gasteiger partial charge is 0.538 e. The fourth-order valence-corrected chi connectivity index (χ4v) is 8.93. The SMILES string of the molecule is C=C[Si](CC1CCCCC1)Oc1ccc(-c2cccc(O[Si](C=C)CC3CCCCC3)c2)cc1. The second-order valence-corrected chi connectivity index (χ2v) is 13.9. The summed E-state index contributed by atoms with van der Waals surface area (Å²) in [6, 6.07) is 19.4. The van der Waals surface area contributed by atoms with E-state index in [1.807, 2.05) is 0 Å². The summed E-state index contributed by atoms with van der Waals surface area (Å²) in [6.07, 6.45) is 13.7. The van der Waals surface area contributed by atoms with Crippen LogP contribution in [0.3, 0.4) is 0 Å². The summed E-state index contributed by atoms with van der Waals surface area (Å²) in [4.78, 5) is 0. The Balaban J connectivity index is 1.35. The van der Waals surface area contributed by atoms with E-state index in [1.54, 1.807) is 0 Å². The van der Waals surface area contributed by atoms with Gasteiger partial charge in [-0.15, -0.1) is 13.2 Å². The van der Waals surface area contributed by atoms with Crippen molar-refractivity contribution in [3.8, 4) is 22.6 Å². The first-order valence-electron chi connectivity index (χ1n) is 13.3. The van der Waals surface area contributed by atoms with Gasteiger partial charge in [0.25, 0.3) is 0 Å². The van der Waals surface area contributed by atoms with Crippen LogP contribution in [0.15, 0.2) is 73.1 Å². The van der Waals surface area contributed by atoms with E-state index in [0.29, 0.717) is 0 Å². The van der Waals surface area contributed by atoms with Crippen LogP contribution in [0.1, 0.15) is 64.2 Å². The van der Waals surface area contributed by atoms with Gasteiger partial charge >= 0.3 is 18.1 Å². The average molecular weight is 489 g/mol. The second kappa shape index (κ2) is 13.2. The smallest absolute Gasteiger partial charge is 0.308 e. The van der Waals surface area contributed by atoms with Gasteiger partial charge in [0.05, 0.1) is 0 Å². The lowest BCUT2D eigenvalue weighted by molar-refractivity contribution is 0.375. The van der Waals surface area contributed by atoms with Crippen LogP contribution in [0.25, 0.3) is 11.1 Å². The predicted molar refractivity (Wildman–Crippen MR) is 148 cm³/mol. The Bertz CT molecular complexity index is 898. The minimum absolute atomic E-state index is 0.816. The molecular weight excluding hydrogens is 449 g/mol. The van der Waals surface area contributed by atoms with Crippen molar-refractivity contribution in [2.75, 3.05) is 0 Å². The molecule has 0 saturated heterocycles. The van der Waals surface area contributed by atoms with Crippen molar-refractivity contribution in [2.45, 2.75) is 76.3 Å². The fraction of sp³-hybridized carbons (Fsp3) is 0.467. The van der Waals surface area contributed by atoms with E-state index in [1.165, 1.54) is 87.4 Å². The molecular formula is C30H40O2Si2. The van der Waals surface area contributed by atoms with Crippen molar-refractivity contribution >= 4 is 18.1 Å². The summed E-state index contributed by atoms with van der Waals surface area (Å²) < 4.78 is 12.8. The van der Waals surface area contributed by atoms with Crippen molar-refractivity contribution in [1.82, 2.24) is 0 Å². The maximum absolute atomic E-state index is 6.44. The Hall–Kier alpha value is -2.05. The highest BCUT2D eigenvalue weighted by molar-refractivity contribution is 6.58. The number of hydrogen-bond donors (Lipinski definition) is 0. The van der Waals surface area contributed by atoms with Crippen LogP contribution in [0, 0.1) is 11.8 Å². The van der Waals surface area contributed by atoms with Gasteiger partial charge in [0.1, 0.15) is 11.5 Å². The summed E-state index contributed by atoms with van der Waals surface area (Å²) in [5.74, 6) is 3.57. The molecule has 2 aliphatic carbocycles. The van der Waals surface area contributed by atoms with E-state index < -0.39 is 18.1 Å². The maximum atomic E-state index is 6.44. The summed E-state index contributed by atoms with van der Waals surface area (Å²) in [5.41, 5.74) is 6.52. The Kier molecular flexibility index (Phi) is 9.69. The molecule has 2 nitrogen and oxygen atoms in total. The van der Waals surface area contributed by atoms with E-state index in [0.717, 1.165) is 23.3 Å². The first-order chi connectivity index (χ1) is 16.7. The molecule has 2 aromatic rings. The van der Waals surface area contributed by atoms with E-state index >= 15 is 0 Å². The summed E-state index contributed by atoms with van der Waals surface area (Å²) in [5, 5.41) is 0. The quantitative estimate of drug-likeness (QED) is 0.294. The fourth-order valence-electron chi connectivity index (χ4n) is 5.44. The number of rotatable bonds is 11. The van der Waals surface area contributed by atoms with Gasteiger partial charge in [-0.3, -0.25) is 0 Å². The summed E-state index contributed by atoms with van der Waals surface area (Å²) in [6.45, 7) is 8.15. The lowest BCUT2D eigenvalue weighted by Crippen LogP contribution is -2.24. The van der Waals surface area contributed by atoms with E-state index in [2.05, 4.69) is 73.1 Å². The third-order valence-electron chi connectivity index (χ3n) is 7.40. The topological polar surface area (TPSA) is 18.5 Å². The van der Waals surface area contributed by atoms with Crippen molar-refractivity contribution in [1.29, 1.82) is 0 Å². The lowest BCUT2D eigenvalue weighted by Gasteiger charge is -2.24. The molecule has 0 bridgehead atoms. The Morgan fingerprint density at radius 1 is 0.647 bits per heavy atom. The first-order valence-corrected chi connectivity index (χ1v) is 16.6. The summed E-state index contributed by atoms with van der Waals surface area (Å²) in [7, 11) is -2.04. The Morgan fingerprint density at radius 2 is 1.18 bits per heavy atom. The van der Waals surface area contributed by atoms with Crippen LogP contribution in [0.5, 0.6) is 11.5 Å². The zero-order valence-corrected chi connectivity index (χ0v) is 22.6. The first kappa shape index (κ1) is 25.1. The molecule has 0 heterocycles. The van der Waals surface area contributed by atoms with Crippen molar-refractivity contribution in [3.05, 3.63) is 73.1 Å². The average Bonchev–Trinajstić information content (AvgIpc) is 2.89. The summed E-state index contributed by atoms with van der Waals surface area (Å²) >= 11 is 0. The molecule has 0 aromatic heterocycles. The van der Waals surface area contributed by atoms with Crippen molar-refractivity contribution < 1.29 is 8.85 Å². The van der Waals surface area contributed by atoms with Gasteiger partial charge in [-0.1, -0.05) is 99.9 Å². The number of hydrogen-bond acceptors (Lipinski definition) is 2. The van der Waals surface area contributed by atoms with Gasteiger partial charge < -0.3 is 8.85 Å². The zero-order chi connectivity index (χ0) is 23.6. The third kappa shape index (κ3) is 7.48. The standard InChI is InChI=1S/C30H40O2Si2/c1-3-33(23-25-12-7-5-8-13-25)31-29-20-18-27(19-21-29)28-16-11-17-30(22-28)32-34(4-2)24-26-14-9-6-10-15-26/h3-4,11,16-22,25-26H,1-2,5-10,12-15,23-24H2. The van der Waals surface area contributed by atoms with Crippen molar-refractivity contribution in [2.24, 2.45) is 11.8 Å². The van der Waals surface area contributed by atoms with Gasteiger partial charge in [-0.05, 0) is 59.3 Å².